The smallest absolute Gasteiger partial charge is 0.335 e. The zero-order valence-electron chi connectivity index (χ0n) is 41.1. The summed E-state index contributed by atoms with van der Waals surface area (Å²) in [4.78, 5) is 73.2. The SMILES string of the molecule is CC(C)c1ccc(CC(=O)CSc2nnnn2-c2ccc(C(=O)O)cc2)cc1.O=C(CSc1nnnn1-c1ccc(C(=O)O)cc1)Cc1ccccc1F.O=C(CSc1nnnn1-c1ccc(C(=O)O)cc1)Cc1nccs1. The Bertz CT molecular complexity index is 3490. The van der Waals surface area contributed by atoms with E-state index in [1.165, 1.54) is 96.9 Å². The molecular weight excluding hydrogens is 1090 g/mol. The van der Waals surface area contributed by atoms with Gasteiger partial charge in [0.15, 0.2) is 0 Å². The maximum atomic E-state index is 13.6. The number of tetrazole rings is 3. The number of Topliss-reactive ketones (excluding diaryl/α,β-unsaturated/α-hetero) is 3. The minimum absolute atomic E-state index is 0.00541. The van der Waals surface area contributed by atoms with E-state index in [1.807, 2.05) is 17.5 Å². The molecule has 0 amide bonds. The van der Waals surface area contributed by atoms with Crippen molar-refractivity contribution < 1.29 is 48.5 Å². The van der Waals surface area contributed by atoms with Gasteiger partial charge in [-0.05, 0) is 133 Å². The first kappa shape index (κ1) is 57.1. The number of ketones is 3. The van der Waals surface area contributed by atoms with E-state index in [0.29, 0.717) is 56.9 Å². The van der Waals surface area contributed by atoms with Gasteiger partial charge in [-0.25, -0.2) is 23.8 Å². The molecule has 0 aliphatic carbocycles. The normalized spacial score (nSPS) is 10.8. The molecule has 4 heterocycles. The van der Waals surface area contributed by atoms with E-state index in [1.54, 1.807) is 60.8 Å². The van der Waals surface area contributed by atoms with Crippen LogP contribution in [0.2, 0.25) is 0 Å². The van der Waals surface area contributed by atoms with Crippen molar-refractivity contribution in [1.82, 2.24) is 65.6 Å². The average molecular weight is 1130 g/mol. The molecule has 0 spiro atoms. The Balaban J connectivity index is 0.000000170. The number of aromatic carboxylic acids is 3. The predicted octanol–water partition coefficient (Wildman–Crippen LogP) is 7.51. The van der Waals surface area contributed by atoms with Gasteiger partial charge in [0, 0.05) is 24.4 Å². The molecule has 0 unspecified atom stereocenters. The van der Waals surface area contributed by atoms with Gasteiger partial charge in [-0.2, -0.15) is 14.0 Å². The molecule has 3 N–H and O–H groups in total. The van der Waals surface area contributed by atoms with Crippen LogP contribution in [0.4, 0.5) is 4.39 Å². The lowest BCUT2D eigenvalue weighted by molar-refractivity contribution is -0.116. The first-order chi connectivity index (χ1) is 37.6. The third kappa shape index (κ3) is 16.4. The number of halogens is 1. The quantitative estimate of drug-likeness (QED) is 0.0553. The van der Waals surface area contributed by atoms with E-state index in [4.69, 9.17) is 15.3 Å². The van der Waals surface area contributed by atoms with Crippen LogP contribution in [0.3, 0.4) is 0 Å². The molecule has 0 aliphatic rings. The number of hydrogen-bond donors (Lipinski definition) is 3. The summed E-state index contributed by atoms with van der Waals surface area (Å²) in [7, 11) is 0. The molecule has 0 atom stereocenters. The molecule has 78 heavy (non-hydrogen) atoms. The van der Waals surface area contributed by atoms with Crippen LogP contribution in [-0.4, -0.2) is 133 Å². The summed E-state index contributed by atoms with van der Waals surface area (Å²) in [6, 6.07) is 32.7. The zero-order valence-corrected chi connectivity index (χ0v) is 44.4. The molecular formula is C51H44FN13O9S4. The van der Waals surface area contributed by atoms with E-state index in [9.17, 15) is 33.2 Å². The first-order valence-electron chi connectivity index (χ1n) is 23.1. The summed E-state index contributed by atoms with van der Waals surface area (Å²) in [5.74, 6) is -2.45. The van der Waals surface area contributed by atoms with Crippen molar-refractivity contribution in [2.45, 2.75) is 54.5 Å². The highest BCUT2D eigenvalue weighted by atomic mass is 32.2. The Kier molecular flexibility index (Phi) is 20.4. The van der Waals surface area contributed by atoms with E-state index >= 15 is 0 Å². The maximum absolute atomic E-state index is 13.6. The Hall–Kier alpha value is -8.66. The molecule has 398 valence electrons. The average Bonchev–Trinajstić information content (AvgIpc) is 4.31. The van der Waals surface area contributed by atoms with Crippen molar-refractivity contribution in [2.24, 2.45) is 0 Å². The number of rotatable bonds is 22. The lowest BCUT2D eigenvalue weighted by Gasteiger charge is -2.07. The fourth-order valence-corrected chi connectivity index (χ4v) is 9.62. The first-order valence-corrected chi connectivity index (χ1v) is 27.0. The molecule has 0 radical (unpaired) electrons. The predicted molar refractivity (Wildman–Crippen MR) is 286 cm³/mol. The van der Waals surface area contributed by atoms with E-state index in [-0.39, 0.29) is 57.7 Å². The lowest BCUT2D eigenvalue weighted by atomic mass is 10.0. The highest BCUT2D eigenvalue weighted by molar-refractivity contribution is 8.00. The number of hydrogen-bond acceptors (Lipinski definition) is 20. The molecule has 4 aromatic heterocycles. The highest BCUT2D eigenvalue weighted by Gasteiger charge is 2.17. The Morgan fingerprint density at radius 2 is 0.923 bits per heavy atom. The summed E-state index contributed by atoms with van der Waals surface area (Å²) >= 11 is 5.06. The molecule has 9 aromatic rings. The van der Waals surface area contributed by atoms with E-state index in [0.717, 1.165) is 22.3 Å². The number of carboxylic acid groups (broad SMARTS) is 3. The van der Waals surface area contributed by atoms with Crippen molar-refractivity contribution in [3.63, 3.8) is 0 Å². The van der Waals surface area contributed by atoms with E-state index < -0.39 is 23.7 Å². The van der Waals surface area contributed by atoms with Gasteiger partial charge >= 0.3 is 17.9 Å². The fourth-order valence-electron chi connectivity index (χ4n) is 6.73. The molecule has 27 heteroatoms. The minimum atomic E-state index is -1.03. The number of carbonyl (C=O) groups is 6. The van der Waals surface area contributed by atoms with Gasteiger partial charge in [0.2, 0.25) is 15.5 Å². The zero-order chi connectivity index (χ0) is 55.6. The van der Waals surface area contributed by atoms with Crippen molar-refractivity contribution in [1.29, 1.82) is 0 Å². The topological polar surface area (TPSA) is 307 Å². The van der Waals surface area contributed by atoms with Gasteiger partial charge in [0.05, 0.1) is 62.4 Å². The molecule has 0 saturated carbocycles. The Morgan fingerprint density at radius 1 is 0.526 bits per heavy atom. The van der Waals surface area contributed by atoms with Crippen LogP contribution in [-0.2, 0) is 33.6 Å². The van der Waals surface area contributed by atoms with Crippen LogP contribution in [0.25, 0.3) is 17.1 Å². The van der Waals surface area contributed by atoms with Gasteiger partial charge in [-0.3, -0.25) is 14.4 Å². The van der Waals surface area contributed by atoms with Gasteiger partial charge < -0.3 is 15.3 Å². The largest absolute Gasteiger partial charge is 0.478 e. The Morgan fingerprint density at radius 3 is 1.29 bits per heavy atom. The van der Waals surface area contributed by atoms with Crippen LogP contribution in [0, 0.1) is 5.82 Å². The Labute approximate surface area is 459 Å². The second-order valence-corrected chi connectivity index (χ2v) is 20.4. The van der Waals surface area contributed by atoms with Crippen molar-refractivity contribution >= 4 is 81.9 Å². The van der Waals surface area contributed by atoms with Gasteiger partial charge in [-0.15, -0.1) is 26.6 Å². The summed E-state index contributed by atoms with van der Waals surface area (Å²) in [5.41, 5.74) is 4.93. The molecule has 22 nitrogen and oxygen atoms in total. The number of thiazole rings is 1. The molecule has 0 fully saturated rings. The highest BCUT2D eigenvalue weighted by Crippen LogP contribution is 2.23. The standard InChI is InChI=1S/C20H20N4O3S.C17H13FN4O3S.C14H11N5O3S2/c1-13(2)15-5-3-14(4-6-15)11-18(25)12-28-20-21-22-23-24(20)17-9-7-16(8-10-17)19(26)27;18-15-4-2-1-3-12(15)9-14(23)10-26-17-19-20-21-22(17)13-7-5-11(6-8-13)16(24)25;20-11(7-12-15-5-6-23-12)8-24-14-16-17-18-19(14)10-3-1-9(2-4-10)13(21)22/h3-10,13H,11-12H2,1-2H3,(H,26,27);1-8H,9-10H2,(H,24,25);1-6H,7-8H2,(H,21,22). The number of aromatic nitrogens is 13. The van der Waals surface area contributed by atoms with Crippen LogP contribution in [0.1, 0.15) is 72.5 Å². The van der Waals surface area contributed by atoms with Crippen molar-refractivity contribution in [2.75, 3.05) is 17.3 Å². The fraction of sp³-hybridized carbons (Fsp3) is 0.176. The maximum Gasteiger partial charge on any atom is 0.335 e. The minimum Gasteiger partial charge on any atom is -0.478 e. The van der Waals surface area contributed by atoms with Crippen molar-refractivity contribution in [3.8, 4) is 17.1 Å². The molecule has 9 rings (SSSR count). The second-order valence-electron chi connectivity index (χ2n) is 16.6. The molecule has 0 saturated heterocycles. The molecule has 5 aromatic carbocycles. The lowest BCUT2D eigenvalue weighted by Crippen LogP contribution is -2.08. The van der Waals surface area contributed by atoms with Gasteiger partial charge in [-0.1, -0.05) is 91.6 Å². The summed E-state index contributed by atoms with van der Waals surface area (Å²) in [6.45, 7) is 4.27. The van der Waals surface area contributed by atoms with Crippen LogP contribution < -0.4 is 0 Å². The number of nitrogens with zero attached hydrogens (tertiary/aromatic N) is 13. The number of carboxylic acids is 3. The van der Waals surface area contributed by atoms with Crippen molar-refractivity contribution in [3.05, 3.63) is 177 Å². The third-order valence-corrected chi connectivity index (χ3v) is 14.4. The van der Waals surface area contributed by atoms with Crippen LogP contribution >= 0.6 is 46.6 Å². The molecule has 0 bridgehead atoms. The van der Waals surface area contributed by atoms with Gasteiger partial charge in [0.1, 0.15) is 23.2 Å². The number of carbonyl (C=O) groups excluding carboxylic acids is 3. The number of thioether (sulfide) groups is 3. The monoisotopic (exact) mass is 1130 g/mol. The number of benzene rings is 5. The third-order valence-electron chi connectivity index (χ3n) is 10.7. The summed E-state index contributed by atoms with van der Waals surface area (Å²) < 4.78 is 18.0. The summed E-state index contributed by atoms with van der Waals surface area (Å²) in [5, 5.41) is 65.0. The van der Waals surface area contributed by atoms with Crippen LogP contribution in [0.15, 0.2) is 148 Å². The second kappa shape index (κ2) is 27.9. The van der Waals surface area contributed by atoms with E-state index in [2.05, 4.69) is 77.5 Å². The van der Waals surface area contributed by atoms with Crippen LogP contribution in [0.5, 0.6) is 0 Å². The van der Waals surface area contributed by atoms with Gasteiger partial charge in [0.25, 0.3) is 0 Å². The molecule has 0 aliphatic heterocycles. The summed E-state index contributed by atoms with van der Waals surface area (Å²) in [6.07, 6.45) is 2.32.